The van der Waals surface area contributed by atoms with Crippen LogP contribution in [-0.2, 0) is 0 Å². The van der Waals surface area contributed by atoms with Crippen LogP contribution in [0.25, 0.3) is 0 Å². The fourth-order valence-corrected chi connectivity index (χ4v) is 1.95. The summed E-state index contributed by atoms with van der Waals surface area (Å²) in [4.78, 5) is 22.9. The van der Waals surface area contributed by atoms with Crippen molar-refractivity contribution in [1.82, 2.24) is 5.32 Å². The second kappa shape index (κ2) is 4.20. The summed E-state index contributed by atoms with van der Waals surface area (Å²) < 4.78 is 12.8. The molecule has 0 atom stereocenters. The Morgan fingerprint density at radius 1 is 0.842 bits per heavy atom. The topological polar surface area (TPSA) is 58.2 Å². The number of amides is 2. The van der Waals surface area contributed by atoms with Crippen molar-refractivity contribution in [2.45, 2.75) is 0 Å². The fraction of sp³-hybridized carbons (Fsp3) is 0. The van der Waals surface area contributed by atoms with Crippen LogP contribution in [-0.4, -0.2) is 11.8 Å². The molecule has 0 bridgehead atoms. The molecule has 1 aliphatic heterocycles. The molecule has 94 valence electrons. The zero-order chi connectivity index (χ0) is 13.4. The van der Waals surface area contributed by atoms with E-state index in [0.717, 1.165) is 0 Å². The first-order valence-electron chi connectivity index (χ1n) is 5.66. The Balaban J connectivity index is 1.91. The lowest BCUT2D eigenvalue weighted by atomic mass is 10.1. The summed E-state index contributed by atoms with van der Waals surface area (Å²) in [5.41, 5.74) is 2.08. The third kappa shape index (κ3) is 2.06. The largest absolute Gasteiger partial charge is 0.356 e. The fourth-order valence-electron chi connectivity index (χ4n) is 1.95. The van der Waals surface area contributed by atoms with Crippen LogP contribution in [0.4, 0.5) is 15.8 Å². The SMILES string of the molecule is O=C1NC(=O)c2cc(Nc3ccc(F)cc3)ccc21. The van der Waals surface area contributed by atoms with E-state index in [1.807, 2.05) is 0 Å². The quantitative estimate of drug-likeness (QED) is 0.811. The summed E-state index contributed by atoms with van der Waals surface area (Å²) >= 11 is 0. The lowest BCUT2D eigenvalue weighted by Gasteiger charge is -2.07. The van der Waals surface area contributed by atoms with Gasteiger partial charge in [-0.2, -0.15) is 0 Å². The van der Waals surface area contributed by atoms with Gasteiger partial charge in [-0.25, -0.2) is 4.39 Å². The van der Waals surface area contributed by atoms with Crippen LogP contribution in [0.1, 0.15) is 20.7 Å². The van der Waals surface area contributed by atoms with Gasteiger partial charge < -0.3 is 5.32 Å². The number of nitrogens with one attached hydrogen (secondary N) is 2. The van der Waals surface area contributed by atoms with Gasteiger partial charge in [0.25, 0.3) is 11.8 Å². The standard InChI is InChI=1S/C14H9FN2O2/c15-8-1-3-9(4-2-8)16-10-5-6-11-12(7-10)14(19)17-13(11)18/h1-7,16H,(H,17,18,19). The molecule has 0 aromatic heterocycles. The first-order valence-corrected chi connectivity index (χ1v) is 5.66. The van der Waals surface area contributed by atoms with Gasteiger partial charge in [0.2, 0.25) is 0 Å². The smallest absolute Gasteiger partial charge is 0.259 e. The molecule has 0 radical (unpaired) electrons. The summed E-state index contributed by atoms with van der Waals surface area (Å²) in [7, 11) is 0. The molecular weight excluding hydrogens is 247 g/mol. The third-order valence-corrected chi connectivity index (χ3v) is 2.87. The summed E-state index contributed by atoms with van der Waals surface area (Å²) in [5, 5.41) is 5.26. The number of carbonyl (C=O) groups excluding carboxylic acids is 2. The van der Waals surface area contributed by atoms with Crippen molar-refractivity contribution in [3.8, 4) is 0 Å². The van der Waals surface area contributed by atoms with Crippen molar-refractivity contribution >= 4 is 23.2 Å². The maximum Gasteiger partial charge on any atom is 0.259 e. The number of carbonyl (C=O) groups is 2. The first kappa shape index (κ1) is 11.4. The Labute approximate surface area is 108 Å². The lowest BCUT2D eigenvalue weighted by Crippen LogP contribution is -2.19. The molecular formula is C14H9FN2O2. The van der Waals surface area contributed by atoms with Crippen LogP contribution in [0.2, 0.25) is 0 Å². The van der Waals surface area contributed by atoms with Gasteiger partial charge in [0, 0.05) is 11.4 Å². The van der Waals surface area contributed by atoms with Crippen molar-refractivity contribution in [1.29, 1.82) is 0 Å². The van der Waals surface area contributed by atoms with Gasteiger partial charge in [-0.1, -0.05) is 0 Å². The highest BCUT2D eigenvalue weighted by Gasteiger charge is 2.26. The molecule has 0 fully saturated rings. The molecule has 0 saturated heterocycles. The Morgan fingerprint density at radius 2 is 1.47 bits per heavy atom. The van der Waals surface area contributed by atoms with E-state index in [2.05, 4.69) is 10.6 Å². The number of hydrogen-bond acceptors (Lipinski definition) is 3. The number of rotatable bonds is 2. The molecule has 0 aliphatic carbocycles. The molecule has 1 aliphatic rings. The van der Waals surface area contributed by atoms with Gasteiger partial charge in [-0.15, -0.1) is 0 Å². The van der Waals surface area contributed by atoms with E-state index in [9.17, 15) is 14.0 Å². The lowest BCUT2D eigenvalue weighted by molar-refractivity contribution is 0.0879. The molecule has 3 rings (SSSR count). The highest BCUT2D eigenvalue weighted by molar-refractivity contribution is 6.21. The van der Waals surface area contributed by atoms with E-state index in [1.165, 1.54) is 12.1 Å². The Hall–Kier alpha value is -2.69. The van der Waals surface area contributed by atoms with Crippen LogP contribution in [0.15, 0.2) is 42.5 Å². The highest BCUT2D eigenvalue weighted by atomic mass is 19.1. The van der Waals surface area contributed by atoms with E-state index in [1.54, 1.807) is 30.3 Å². The normalized spacial score (nSPS) is 13.1. The molecule has 4 nitrogen and oxygen atoms in total. The third-order valence-electron chi connectivity index (χ3n) is 2.87. The number of benzene rings is 2. The number of halogens is 1. The molecule has 2 aromatic rings. The summed E-state index contributed by atoms with van der Waals surface area (Å²) in [6.45, 7) is 0. The van der Waals surface area contributed by atoms with Crippen molar-refractivity contribution in [3.63, 3.8) is 0 Å². The van der Waals surface area contributed by atoms with Gasteiger partial charge in [0.05, 0.1) is 11.1 Å². The monoisotopic (exact) mass is 256 g/mol. The van der Waals surface area contributed by atoms with Crippen LogP contribution in [0.3, 0.4) is 0 Å². The molecule has 0 unspecified atom stereocenters. The zero-order valence-corrected chi connectivity index (χ0v) is 9.74. The predicted molar refractivity (Wildman–Crippen MR) is 67.9 cm³/mol. The minimum absolute atomic E-state index is 0.315. The first-order chi connectivity index (χ1) is 9.13. The molecule has 2 amide bonds. The van der Waals surface area contributed by atoms with Crippen LogP contribution in [0.5, 0.6) is 0 Å². The molecule has 0 saturated carbocycles. The van der Waals surface area contributed by atoms with Gasteiger partial charge in [-0.05, 0) is 42.5 Å². The maximum atomic E-state index is 12.8. The molecule has 2 N–H and O–H groups in total. The van der Waals surface area contributed by atoms with E-state index in [-0.39, 0.29) is 11.7 Å². The minimum atomic E-state index is -0.400. The average molecular weight is 256 g/mol. The van der Waals surface area contributed by atoms with E-state index in [4.69, 9.17) is 0 Å². The minimum Gasteiger partial charge on any atom is -0.356 e. The van der Waals surface area contributed by atoms with Crippen LogP contribution < -0.4 is 10.6 Å². The number of hydrogen-bond donors (Lipinski definition) is 2. The molecule has 1 heterocycles. The maximum absolute atomic E-state index is 12.8. The number of fused-ring (bicyclic) bond motifs is 1. The van der Waals surface area contributed by atoms with E-state index in [0.29, 0.717) is 22.5 Å². The van der Waals surface area contributed by atoms with Crippen LogP contribution >= 0.6 is 0 Å². The second-order valence-electron chi connectivity index (χ2n) is 4.18. The van der Waals surface area contributed by atoms with Gasteiger partial charge in [0.15, 0.2) is 0 Å². The summed E-state index contributed by atoms with van der Waals surface area (Å²) in [6.07, 6.45) is 0. The summed E-state index contributed by atoms with van der Waals surface area (Å²) in [5.74, 6) is -1.10. The van der Waals surface area contributed by atoms with Gasteiger partial charge >= 0.3 is 0 Å². The van der Waals surface area contributed by atoms with Crippen LogP contribution in [0, 0.1) is 5.82 Å². The Bertz CT molecular complexity index is 680. The van der Waals surface area contributed by atoms with Crippen molar-refractivity contribution in [2.75, 3.05) is 5.32 Å². The van der Waals surface area contributed by atoms with Gasteiger partial charge in [-0.3, -0.25) is 14.9 Å². The Morgan fingerprint density at radius 3 is 2.21 bits per heavy atom. The zero-order valence-electron chi connectivity index (χ0n) is 9.74. The van der Waals surface area contributed by atoms with Crippen molar-refractivity contribution in [2.24, 2.45) is 0 Å². The number of imide groups is 1. The Kier molecular flexibility index (Phi) is 2.52. The van der Waals surface area contributed by atoms with Gasteiger partial charge in [0.1, 0.15) is 5.82 Å². The summed E-state index contributed by atoms with van der Waals surface area (Å²) in [6, 6.07) is 10.7. The average Bonchev–Trinajstić information content (AvgIpc) is 2.68. The second-order valence-corrected chi connectivity index (χ2v) is 4.18. The molecule has 5 heteroatoms. The van der Waals surface area contributed by atoms with Crippen molar-refractivity contribution < 1.29 is 14.0 Å². The van der Waals surface area contributed by atoms with Crippen molar-refractivity contribution in [3.05, 3.63) is 59.4 Å². The predicted octanol–water partition coefficient (Wildman–Crippen LogP) is 2.45. The highest BCUT2D eigenvalue weighted by Crippen LogP contribution is 2.23. The number of anilines is 2. The van der Waals surface area contributed by atoms with E-state index < -0.39 is 5.91 Å². The molecule has 19 heavy (non-hydrogen) atoms. The molecule has 2 aromatic carbocycles. The molecule has 0 spiro atoms. The van der Waals surface area contributed by atoms with E-state index >= 15 is 0 Å².